The summed E-state index contributed by atoms with van der Waals surface area (Å²) in [4.78, 5) is 23.9. The quantitative estimate of drug-likeness (QED) is 0.652. The van der Waals surface area contributed by atoms with Crippen molar-refractivity contribution in [3.63, 3.8) is 0 Å². The number of nitrogens with two attached hydrogens (primary N) is 1. The molecule has 5 nitrogen and oxygen atoms in total. The van der Waals surface area contributed by atoms with Gasteiger partial charge in [-0.05, 0) is 18.8 Å². The number of carbonyl (C=O) groups excluding carboxylic acids is 2. The molecule has 0 radical (unpaired) electrons. The highest BCUT2D eigenvalue weighted by Gasteiger charge is 2.22. The van der Waals surface area contributed by atoms with Gasteiger partial charge in [-0.15, -0.1) is 0 Å². The van der Waals surface area contributed by atoms with Gasteiger partial charge in [-0.3, -0.25) is 9.59 Å². The molecule has 1 fully saturated rings. The van der Waals surface area contributed by atoms with Gasteiger partial charge >= 0.3 is 0 Å². The summed E-state index contributed by atoms with van der Waals surface area (Å²) in [6.07, 6.45) is 2.06. The minimum absolute atomic E-state index is 0.00234. The predicted molar refractivity (Wildman–Crippen MR) is 57.0 cm³/mol. The molecule has 1 aliphatic rings. The van der Waals surface area contributed by atoms with Gasteiger partial charge in [-0.2, -0.15) is 0 Å². The molecule has 1 atom stereocenters. The number of amides is 2. The third-order valence-corrected chi connectivity index (χ3v) is 2.69. The molecule has 0 saturated carbocycles. The molecule has 0 aromatic carbocycles. The maximum absolute atomic E-state index is 11.4. The first-order valence-electron chi connectivity index (χ1n) is 5.35. The van der Waals surface area contributed by atoms with E-state index in [1.54, 1.807) is 4.90 Å². The summed E-state index contributed by atoms with van der Waals surface area (Å²) in [5.41, 5.74) is 5.31. The number of hydrogen-bond donors (Lipinski definition) is 2. The average molecular weight is 213 g/mol. The van der Waals surface area contributed by atoms with Crippen molar-refractivity contribution in [2.75, 3.05) is 26.2 Å². The van der Waals surface area contributed by atoms with Crippen LogP contribution in [0.15, 0.2) is 0 Å². The fourth-order valence-electron chi connectivity index (χ4n) is 1.88. The van der Waals surface area contributed by atoms with Gasteiger partial charge in [0.1, 0.15) is 0 Å². The summed E-state index contributed by atoms with van der Waals surface area (Å²) in [6.45, 7) is 3.76. The molecule has 1 aliphatic heterocycles. The third kappa shape index (κ3) is 3.87. The molecule has 1 heterocycles. The predicted octanol–water partition coefficient (Wildman–Crippen LogP) is -0.680. The van der Waals surface area contributed by atoms with Gasteiger partial charge in [0, 0.05) is 26.6 Å². The molecule has 3 N–H and O–H groups in total. The van der Waals surface area contributed by atoms with E-state index >= 15 is 0 Å². The molecule has 1 saturated heterocycles. The summed E-state index contributed by atoms with van der Waals surface area (Å²) >= 11 is 0. The van der Waals surface area contributed by atoms with Crippen LogP contribution in [0.5, 0.6) is 0 Å². The van der Waals surface area contributed by atoms with E-state index in [4.69, 9.17) is 5.73 Å². The third-order valence-electron chi connectivity index (χ3n) is 2.69. The Morgan fingerprint density at radius 3 is 2.87 bits per heavy atom. The van der Waals surface area contributed by atoms with Crippen LogP contribution in [0, 0.1) is 5.92 Å². The number of piperidine rings is 1. The van der Waals surface area contributed by atoms with Gasteiger partial charge in [0.2, 0.25) is 11.8 Å². The zero-order valence-corrected chi connectivity index (χ0v) is 9.16. The highest BCUT2D eigenvalue weighted by atomic mass is 16.2. The van der Waals surface area contributed by atoms with E-state index in [1.165, 1.54) is 6.92 Å². The van der Waals surface area contributed by atoms with Gasteiger partial charge in [-0.1, -0.05) is 0 Å². The van der Waals surface area contributed by atoms with Crippen LogP contribution in [-0.2, 0) is 9.59 Å². The first-order chi connectivity index (χ1) is 7.13. The zero-order chi connectivity index (χ0) is 11.3. The molecule has 15 heavy (non-hydrogen) atoms. The molecule has 1 unspecified atom stereocenters. The summed E-state index contributed by atoms with van der Waals surface area (Å²) in [5, 5.41) is 2.78. The lowest BCUT2D eigenvalue weighted by Crippen LogP contribution is -2.45. The summed E-state index contributed by atoms with van der Waals surface area (Å²) < 4.78 is 0. The van der Waals surface area contributed by atoms with Crippen molar-refractivity contribution in [1.29, 1.82) is 0 Å². The minimum Gasteiger partial charge on any atom is -0.356 e. The molecular formula is C10H19N3O2. The first-order valence-corrected chi connectivity index (χ1v) is 5.35. The fraction of sp³-hybridized carbons (Fsp3) is 0.800. The van der Waals surface area contributed by atoms with Gasteiger partial charge in [0.05, 0.1) is 6.54 Å². The Morgan fingerprint density at radius 1 is 1.53 bits per heavy atom. The van der Waals surface area contributed by atoms with Crippen molar-refractivity contribution in [2.45, 2.75) is 19.8 Å². The monoisotopic (exact) mass is 213 g/mol. The van der Waals surface area contributed by atoms with Crippen molar-refractivity contribution in [3.8, 4) is 0 Å². The van der Waals surface area contributed by atoms with Crippen LogP contribution in [0.1, 0.15) is 19.8 Å². The second-order valence-corrected chi connectivity index (χ2v) is 3.99. The van der Waals surface area contributed by atoms with E-state index < -0.39 is 0 Å². The number of likely N-dealkylation sites (tertiary alicyclic amines) is 1. The smallest absolute Gasteiger partial charge is 0.236 e. The zero-order valence-electron chi connectivity index (χ0n) is 9.16. The van der Waals surface area contributed by atoms with E-state index in [-0.39, 0.29) is 18.4 Å². The molecule has 0 bridgehead atoms. The van der Waals surface area contributed by atoms with Crippen molar-refractivity contribution in [3.05, 3.63) is 0 Å². The average Bonchev–Trinajstić information content (AvgIpc) is 2.25. The molecule has 1 rings (SSSR count). The SMILES string of the molecule is CC(=O)NCC1CCCN(C(=O)CN)C1. The number of carbonyl (C=O) groups is 2. The second kappa shape index (κ2) is 5.70. The Morgan fingerprint density at radius 2 is 2.27 bits per heavy atom. The molecule has 0 aromatic heterocycles. The number of nitrogens with one attached hydrogen (secondary N) is 1. The maximum atomic E-state index is 11.4. The van der Waals surface area contributed by atoms with E-state index in [1.807, 2.05) is 0 Å². The first kappa shape index (κ1) is 12.0. The summed E-state index contributed by atoms with van der Waals surface area (Å²) in [6, 6.07) is 0. The molecule has 2 amide bonds. The Balaban J connectivity index is 2.35. The standard InChI is InChI=1S/C10H19N3O2/c1-8(14)12-6-9-3-2-4-13(7-9)10(15)5-11/h9H,2-7,11H2,1H3,(H,12,14). The van der Waals surface area contributed by atoms with Crippen LogP contribution in [0.25, 0.3) is 0 Å². The van der Waals surface area contributed by atoms with Crippen molar-refractivity contribution in [1.82, 2.24) is 10.2 Å². The summed E-state index contributed by atoms with van der Waals surface area (Å²) in [5.74, 6) is 0.359. The number of nitrogens with zero attached hydrogens (tertiary/aromatic N) is 1. The van der Waals surface area contributed by atoms with Crippen LogP contribution in [-0.4, -0.2) is 42.9 Å². The minimum atomic E-state index is -0.0164. The van der Waals surface area contributed by atoms with Crippen LogP contribution >= 0.6 is 0 Å². The Bertz CT molecular complexity index is 243. The largest absolute Gasteiger partial charge is 0.356 e. The highest BCUT2D eigenvalue weighted by Crippen LogP contribution is 2.15. The van der Waals surface area contributed by atoms with Crippen LogP contribution in [0.3, 0.4) is 0 Å². The Kier molecular flexibility index (Phi) is 4.55. The Hall–Kier alpha value is -1.10. The molecule has 0 aromatic rings. The van der Waals surface area contributed by atoms with Gasteiger partial charge in [0.15, 0.2) is 0 Å². The van der Waals surface area contributed by atoms with Crippen LogP contribution < -0.4 is 11.1 Å². The molecule has 0 spiro atoms. The summed E-state index contributed by atoms with van der Waals surface area (Å²) in [7, 11) is 0. The van der Waals surface area contributed by atoms with Crippen molar-refractivity contribution in [2.24, 2.45) is 11.7 Å². The number of hydrogen-bond acceptors (Lipinski definition) is 3. The molecular weight excluding hydrogens is 194 g/mol. The van der Waals surface area contributed by atoms with E-state index in [0.29, 0.717) is 12.5 Å². The van der Waals surface area contributed by atoms with E-state index in [9.17, 15) is 9.59 Å². The fourth-order valence-corrected chi connectivity index (χ4v) is 1.88. The number of rotatable bonds is 3. The van der Waals surface area contributed by atoms with Gasteiger partial charge in [-0.25, -0.2) is 0 Å². The topological polar surface area (TPSA) is 75.4 Å². The highest BCUT2D eigenvalue weighted by molar-refractivity contribution is 5.78. The molecule has 86 valence electrons. The van der Waals surface area contributed by atoms with Gasteiger partial charge < -0.3 is 16.0 Å². The molecule has 0 aliphatic carbocycles. The van der Waals surface area contributed by atoms with Crippen molar-refractivity contribution < 1.29 is 9.59 Å². The van der Waals surface area contributed by atoms with Crippen LogP contribution in [0.2, 0.25) is 0 Å². The van der Waals surface area contributed by atoms with E-state index in [0.717, 1.165) is 25.9 Å². The normalized spacial score (nSPS) is 21.2. The lowest BCUT2D eigenvalue weighted by Gasteiger charge is -2.32. The lowest BCUT2D eigenvalue weighted by atomic mass is 9.98. The Labute approximate surface area is 90.0 Å². The molecule has 5 heteroatoms. The van der Waals surface area contributed by atoms with Crippen molar-refractivity contribution >= 4 is 11.8 Å². The lowest BCUT2D eigenvalue weighted by molar-refractivity contribution is -0.131. The van der Waals surface area contributed by atoms with E-state index in [2.05, 4.69) is 5.32 Å². The second-order valence-electron chi connectivity index (χ2n) is 3.99. The van der Waals surface area contributed by atoms with Gasteiger partial charge in [0.25, 0.3) is 0 Å². The maximum Gasteiger partial charge on any atom is 0.236 e. The van der Waals surface area contributed by atoms with Crippen LogP contribution in [0.4, 0.5) is 0 Å².